The Morgan fingerprint density at radius 1 is 0.938 bits per heavy atom. The molecule has 2 atom stereocenters. The number of hydroxylamine groups is 1. The normalized spacial score (nSPS) is 22.1. The highest BCUT2D eigenvalue weighted by molar-refractivity contribution is 6.02. The highest BCUT2D eigenvalue weighted by Gasteiger charge is 2.35. The zero-order chi connectivity index (χ0) is 33.2. The van der Waals surface area contributed by atoms with Gasteiger partial charge in [-0.15, -0.1) is 0 Å². The van der Waals surface area contributed by atoms with E-state index in [-0.39, 0.29) is 5.91 Å². The summed E-state index contributed by atoms with van der Waals surface area (Å²) in [5.74, 6) is -0.173. The van der Waals surface area contributed by atoms with Gasteiger partial charge in [0.05, 0.1) is 36.8 Å². The van der Waals surface area contributed by atoms with Crippen molar-refractivity contribution in [2.45, 2.75) is 50.2 Å². The van der Waals surface area contributed by atoms with Gasteiger partial charge in [-0.2, -0.15) is 0 Å². The van der Waals surface area contributed by atoms with Crippen molar-refractivity contribution in [2.24, 2.45) is 0 Å². The van der Waals surface area contributed by atoms with Gasteiger partial charge in [0.25, 0.3) is 0 Å². The first-order chi connectivity index (χ1) is 23.4. The standard InChI is InChI=1S/C35H42F2N8O3/c1-3-35(46)41-28-18-29(40-33-20-34(39-22-38-33)45-30(8-14-48-45)23-15-24(36)17-25(37)16-23)32(47-2)19-31(28)43-10-6-26(7-11-43)44-13-12-42-9-4-5-27(42)21-44/h3,15-20,22,26-27,30H,1,4-14,21H2,2H3,(H,41,46)(H,38,39,40)/t27?,30-/m1/s1. The Hall–Kier alpha value is -4.33. The third kappa shape index (κ3) is 6.80. The van der Waals surface area contributed by atoms with Gasteiger partial charge in [-0.25, -0.2) is 23.8 Å². The molecule has 11 nitrogen and oxygen atoms in total. The predicted molar refractivity (Wildman–Crippen MR) is 181 cm³/mol. The Balaban J connectivity index is 1.10. The van der Waals surface area contributed by atoms with Crippen LogP contribution in [0.25, 0.3) is 0 Å². The molecule has 48 heavy (non-hydrogen) atoms. The number of ether oxygens (including phenoxy) is 1. The van der Waals surface area contributed by atoms with Crippen molar-refractivity contribution in [3.8, 4) is 5.75 Å². The fourth-order valence-electron chi connectivity index (χ4n) is 7.64. The van der Waals surface area contributed by atoms with Crippen LogP contribution in [-0.2, 0) is 9.63 Å². The van der Waals surface area contributed by atoms with Crippen LogP contribution >= 0.6 is 0 Å². The van der Waals surface area contributed by atoms with Crippen LogP contribution in [0, 0.1) is 11.6 Å². The summed E-state index contributed by atoms with van der Waals surface area (Å²) in [4.78, 5) is 34.8. The van der Waals surface area contributed by atoms with Crippen molar-refractivity contribution in [2.75, 3.05) is 73.6 Å². The van der Waals surface area contributed by atoms with E-state index in [2.05, 4.69) is 41.9 Å². The average Bonchev–Trinajstić information content (AvgIpc) is 3.78. The van der Waals surface area contributed by atoms with Crippen LogP contribution in [0.3, 0.4) is 0 Å². The molecule has 4 aliphatic heterocycles. The maximum absolute atomic E-state index is 14.0. The Kier molecular flexibility index (Phi) is 9.42. The van der Waals surface area contributed by atoms with Crippen LogP contribution in [0.5, 0.6) is 5.75 Å². The molecule has 4 fully saturated rings. The van der Waals surface area contributed by atoms with Crippen LogP contribution in [0.4, 0.5) is 37.5 Å². The highest BCUT2D eigenvalue weighted by atomic mass is 19.1. The first kappa shape index (κ1) is 32.2. The second-order valence-corrected chi connectivity index (χ2v) is 12.9. The van der Waals surface area contributed by atoms with Crippen LogP contribution in [-0.4, -0.2) is 90.7 Å². The number of carbonyl (C=O) groups is 1. The van der Waals surface area contributed by atoms with Crippen LogP contribution in [0.15, 0.2) is 55.4 Å². The van der Waals surface area contributed by atoms with Crippen molar-refractivity contribution >= 4 is 34.6 Å². The number of amides is 1. The summed E-state index contributed by atoms with van der Waals surface area (Å²) in [6, 6.07) is 9.77. The molecule has 5 heterocycles. The number of piperidine rings is 1. The molecule has 254 valence electrons. The number of piperazine rings is 1. The summed E-state index contributed by atoms with van der Waals surface area (Å²) in [6.45, 7) is 10.4. The van der Waals surface area contributed by atoms with Gasteiger partial charge in [0, 0.05) is 69.4 Å². The van der Waals surface area contributed by atoms with Crippen molar-refractivity contribution in [1.29, 1.82) is 0 Å². The maximum Gasteiger partial charge on any atom is 0.247 e. The summed E-state index contributed by atoms with van der Waals surface area (Å²) in [5.41, 5.74) is 2.55. The molecule has 1 unspecified atom stereocenters. The number of methoxy groups -OCH3 is 1. The zero-order valence-corrected chi connectivity index (χ0v) is 27.2. The van der Waals surface area contributed by atoms with Gasteiger partial charge in [0.15, 0.2) is 5.82 Å². The van der Waals surface area contributed by atoms with Gasteiger partial charge in [-0.05, 0) is 62.1 Å². The number of carbonyl (C=O) groups excluding carboxylic acids is 1. The molecule has 0 aliphatic carbocycles. The number of hydrogen-bond acceptors (Lipinski definition) is 10. The summed E-state index contributed by atoms with van der Waals surface area (Å²) in [6.07, 6.45) is 7.90. The summed E-state index contributed by atoms with van der Waals surface area (Å²) >= 11 is 0. The second kappa shape index (κ2) is 14.0. The molecule has 0 spiro atoms. The lowest BCUT2D eigenvalue weighted by atomic mass is 9.99. The molecule has 4 saturated heterocycles. The largest absolute Gasteiger partial charge is 0.494 e. The Morgan fingerprint density at radius 2 is 1.73 bits per heavy atom. The SMILES string of the molecule is C=CC(=O)Nc1cc(Nc2cc(N3OCC[C@@H]3c3cc(F)cc(F)c3)ncn2)c(OC)cc1N1CCC(N2CCN3CCCC3C2)CC1. The van der Waals surface area contributed by atoms with Gasteiger partial charge in [-0.3, -0.25) is 19.4 Å². The van der Waals surface area contributed by atoms with E-state index in [4.69, 9.17) is 9.57 Å². The average molecular weight is 661 g/mol. The van der Waals surface area contributed by atoms with Crippen molar-refractivity contribution < 1.29 is 23.1 Å². The zero-order valence-electron chi connectivity index (χ0n) is 27.2. The molecule has 3 aromatic rings. The summed E-state index contributed by atoms with van der Waals surface area (Å²) < 4.78 is 33.9. The number of nitrogens with one attached hydrogen (secondary N) is 2. The van der Waals surface area contributed by atoms with E-state index in [1.807, 2.05) is 12.1 Å². The number of benzene rings is 2. The molecule has 0 bridgehead atoms. The third-order valence-electron chi connectivity index (χ3n) is 10.0. The molecule has 13 heteroatoms. The quantitative estimate of drug-likeness (QED) is 0.296. The smallest absolute Gasteiger partial charge is 0.247 e. The molecule has 7 rings (SSSR count). The van der Waals surface area contributed by atoms with Crippen molar-refractivity contribution in [3.63, 3.8) is 0 Å². The number of aromatic nitrogens is 2. The molecule has 1 amide bonds. The van der Waals surface area contributed by atoms with Gasteiger partial charge in [0.1, 0.15) is 29.5 Å². The fraction of sp³-hybridized carbons (Fsp3) is 0.457. The maximum atomic E-state index is 14.0. The Morgan fingerprint density at radius 3 is 2.50 bits per heavy atom. The van der Waals surface area contributed by atoms with E-state index in [0.717, 1.165) is 50.8 Å². The lowest BCUT2D eigenvalue weighted by Gasteiger charge is -2.45. The van der Waals surface area contributed by atoms with E-state index in [1.54, 1.807) is 18.2 Å². The predicted octanol–water partition coefficient (Wildman–Crippen LogP) is 5.26. The number of hydrogen-bond donors (Lipinski definition) is 2. The summed E-state index contributed by atoms with van der Waals surface area (Å²) in [7, 11) is 1.60. The van der Waals surface area contributed by atoms with Crippen molar-refractivity contribution in [3.05, 3.63) is 72.6 Å². The van der Waals surface area contributed by atoms with E-state index < -0.39 is 17.7 Å². The number of rotatable bonds is 9. The fourth-order valence-corrected chi connectivity index (χ4v) is 7.64. The lowest BCUT2D eigenvalue weighted by Crippen LogP contribution is -2.55. The first-order valence-electron chi connectivity index (χ1n) is 16.7. The summed E-state index contributed by atoms with van der Waals surface area (Å²) in [5, 5.41) is 7.85. The van der Waals surface area contributed by atoms with Gasteiger partial charge < -0.3 is 20.3 Å². The second-order valence-electron chi connectivity index (χ2n) is 12.9. The first-order valence-corrected chi connectivity index (χ1v) is 16.7. The van der Waals surface area contributed by atoms with Gasteiger partial charge in [-0.1, -0.05) is 6.58 Å². The minimum absolute atomic E-state index is 0.313. The minimum atomic E-state index is -0.650. The lowest BCUT2D eigenvalue weighted by molar-refractivity contribution is -0.111. The number of nitrogens with zero attached hydrogens (tertiary/aromatic N) is 6. The molecule has 2 aromatic carbocycles. The number of anilines is 5. The van der Waals surface area contributed by atoms with Crippen LogP contribution in [0.1, 0.15) is 43.7 Å². The molecule has 2 N–H and O–H groups in total. The monoisotopic (exact) mass is 660 g/mol. The molecule has 4 aliphatic rings. The number of halogens is 2. The van der Waals surface area contributed by atoms with E-state index >= 15 is 0 Å². The minimum Gasteiger partial charge on any atom is -0.494 e. The van der Waals surface area contributed by atoms with Crippen LogP contribution in [0.2, 0.25) is 0 Å². The van der Waals surface area contributed by atoms with Gasteiger partial charge in [0.2, 0.25) is 5.91 Å². The van der Waals surface area contributed by atoms with E-state index in [0.29, 0.717) is 59.4 Å². The molecular formula is C35H42F2N8O3. The topological polar surface area (TPSA) is 98.3 Å². The van der Waals surface area contributed by atoms with Crippen LogP contribution < -0.4 is 25.3 Å². The number of fused-ring (bicyclic) bond motifs is 1. The third-order valence-corrected chi connectivity index (χ3v) is 10.0. The molecule has 1 aromatic heterocycles. The molecule has 0 radical (unpaired) electrons. The van der Waals surface area contributed by atoms with E-state index in [9.17, 15) is 13.6 Å². The molecular weight excluding hydrogens is 618 g/mol. The van der Waals surface area contributed by atoms with E-state index in [1.165, 1.54) is 50.5 Å². The highest BCUT2D eigenvalue weighted by Crippen LogP contribution is 2.41. The molecule has 0 saturated carbocycles. The Bertz CT molecular complexity index is 1630. The van der Waals surface area contributed by atoms with Gasteiger partial charge >= 0.3 is 0 Å². The Labute approximate surface area is 279 Å². The van der Waals surface area contributed by atoms with Crippen molar-refractivity contribution in [1.82, 2.24) is 19.8 Å².